The van der Waals surface area contributed by atoms with Gasteiger partial charge in [-0.1, -0.05) is 34.6 Å². The molecule has 1 saturated carbocycles. The Labute approximate surface area is 139 Å². The lowest BCUT2D eigenvalue weighted by Crippen LogP contribution is -2.58. The first-order valence-corrected chi connectivity index (χ1v) is 8.75. The van der Waals surface area contributed by atoms with Crippen molar-refractivity contribution >= 4 is 12.0 Å². The van der Waals surface area contributed by atoms with Crippen LogP contribution in [-0.4, -0.2) is 53.3 Å². The molecule has 2 N–H and O–H groups in total. The van der Waals surface area contributed by atoms with Gasteiger partial charge in [0.2, 0.25) is 5.91 Å². The average molecular weight is 328 g/mol. The highest BCUT2D eigenvalue weighted by Crippen LogP contribution is 2.44. The Morgan fingerprint density at radius 1 is 1.30 bits per heavy atom. The summed E-state index contributed by atoms with van der Waals surface area (Å²) in [4.78, 5) is 26.2. The molecule has 1 aliphatic heterocycles. The molecular weight excluding hydrogens is 296 g/mol. The maximum absolute atomic E-state index is 12.9. The van der Waals surface area contributed by atoms with E-state index < -0.39 is 18.2 Å². The van der Waals surface area contributed by atoms with Crippen LogP contribution in [0.5, 0.6) is 0 Å². The van der Waals surface area contributed by atoms with Gasteiger partial charge in [-0.05, 0) is 31.1 Å². The molecule has 2 bridgehead atoms. The van der Waals surface area contributed by atoms with Gasteiger partial charge >= 0.3 is 6.09 Å². The number of hydrogen-bond donors (Lipinski definition) is 2. The van der Waals surface area contributed by atoms with Crippen molar-refractivity contribution in [3.8, 4) is 0 Å². The molecule has 6 nitrogen and oxygen atoms in total. The van der Waals surface area contributed by atoms with Crippen molar-refractivity contribution in [2.24, 2.45) is 11.8 Å². The number of aliphatic hydroxyl groups excluding tert-OH is 1. The molecule has 23 heavy (non-hydrogen) atoms. The molecule has 2 aliphatic rings. The molecule has 0 unspecified atom stereocenters. The topological polar surface area (TPSA) is 78.9 Å². The van der Waals surface area contributed by atoms with E-state index in [1.807, 2.05) is 32.6 Å². The normalized spacial score (nSPS) is 29.8. The fraction of sp³-hybridized carbons (Fsp3) is 0.882. The molecule has 2 rings (SSSR count). The van der Waals surface area contributed by atoms with Crippen molar-refractivity contribution in [2.45, 2.75) is 78.1 Å². The van der Waals surface area contributed by atoms with Gasteiger partial charge in [0.25, 0.3) is 0 Å². The van der Waals surface area contributed by atoms with Crippen molar-refractivity contribution in [3.05, 3.63) is 0 Å². The van der Waals surface area contributed by atoms with Gasteiger partial charge in [-0.2, -0.15) is 0 Å². The van der Waals surface area contributed by atoms with Crippen LogP contribution in [0.25, 0.3) is 0 Å². The van der Waals surface area contributed by atoms with Gasteiger partial charge in [0.15, 0.2) is 0 Å². The van der Waals surface area contributed by atoms with Crippen LogP contribution >= 0.6 is 0 Å². The smallest absolute Gasteiger partial charge is 0.407 e. The van der Waals surface area contributed by atoms with Crippen LogP contribution in [0, 0.1) is 11.8 Å². The SMILES string of the molecule is CC.CC[C@@H]1[C@H]2C[C@H](O)[C@H](C2)N1C(=O)[C@@H](NC(=O)OC)C(C)C. The van der Waals surface area contributed by atoms with Gasteiger partial charge in [-0.3, -0.25) is 4.79 Å². The summed E-state index contributed by atoms with van der Waals surface area (Å²) in [5.41, 5.74) is 0. The fourth-order valence-corrected chi connectivity index (χ4v) is 3.83. The summed E-state index contributed by atoms with van der Waals surface area (Å²) in [5, 5.41) is 12.7. The van der Waals surface area contributed by atoms with Crippen molar-refractivity contribution in [3.63, 3.8) is 0 Å². The third kappa shape index (κ3) is 3.97. The molecule has 1 aliphatic carbocycles. The second kappa shape index (κ2) is 8.52. The molecule has 0 radical (unpaired) electrons. The molecule has 0 aromatic carbocycles. The number of rotatable bonds is 4. The van der Waals surface area contributed by atoms with Crippen molar-refractivity contribution < 1.29 is 19.4 Å². The molecule has 2 fully saturated rings. The summed E-state index contributed by atoms with van der Waals surface area (Å²) < 4.78 is 4.61. The van der Waals surface area contributed by atoms with E-state index >= 15 is 0 Å². The lowest BCUT2D eigenvalue weighted by molar-refractivity contribution is -0.142. The first-order valence-electron chi connectivity index (χ1n) is 8.75. The Balaban J connectivity index is 0.00000127. The minimum absolute atomic E-state index is 0.0367. The molecule has 134 valence electrons. The number of alkyl carbamates (subject to hydrolysis) is 1. The minimum Gasteiger partial charge on any atom is -0.453 e. The predicted octanol–water partition coefficient (Wildman–Crippen LogP) is 2.15. The lowest BCUT2D eigenvalue weighted by Gasteiger charge is -2.40. The van der Waals surface area contributed by atoms with Gasteiger partial charge in [0.1, 0.15) is 6.04 Å². The summed E-state index contributed by atoms with van der Waals surface area (Å²) in [6.07, 6.45) is 1.49. The minimum atomic E-state index is -0.613. The number of hydrogen-bond acceptors (Lipinski definition) is 4. The number of fused-ring (bicyclic) bond motifs is 2. The number of nitrogens with one attached hydrogen (secondary N) is 1. The number of piperidine rings is 1. The molecule has 1 saturated heterocycles. The third-order valence-corrected chi connectivity index (χ3v) is 4.86. The zero-order valence-corrected chi connectivity index (χ0v) is 15.2. The fourth-order valence-electron chi connectivity index (χ4n) is 3.83. The van der Waals surface area contributed by atoms with Crippen LogP contribution in [-0.2, 0) is 9.53 Å². The van der Waals surface area contributed by atoms with Crippen molar-refractivity contribution in [1.29, 1.82) is 0 Å². The number of carbonyl (C=O) groups excluding carboxylic acids is 2. The van der Waals surface area contributed by atoms with E-state index in [9.17, 15) is 14.7 Å². The number of aliphatic hydroxyl groups is 1. The van der Waals surface area contributed by atoms with E-state index in [0.29, 0.717) is 5.92 Å². The van der Waals surface area contributed by atoms with Crippen LogP contribution < -0.4 is 5.32 Å². The van der Waals surface area contributed by atoms with E-state index in [-0.39, 0.29) is 23.9 Å². The van der Waals surface area contributed by atoms with Crippen LogP contribution in [0.3, 0.4) is 0 Å². The highest BCUT2D eigenvalue weighted by Gasteiger charge is 2.53. The lowest BCUT2D eigenvalue weighted by atomic mass is 9.93. The van der Waals surface area contributed by atoms with Gasteiger partial charge in [-0.15, -0.1) is 0 Å². The number of likely N-dealkylation sites (tertiary alicyclic amines) is 1. The zero-order valence-electron chi connectivity index (χ0n) is 15.2. The standard InChI is InChI=1S/C15H26N2O4.C2H6/c1-5-10-9-6-11(12(18)7-9)17(10)14(19)13(8(2)3)16-15(20)21-4;1-2/h8-13,18H,5-7H2,1-4H3,(H,16,20);1-2H3/t9-,10-,11+,12+,13+;/m1./s1. The van der Waals surface area contributed by atoms with Gasteiger partial charge in [0, 0.05) is 6.04 Å². The van der Waals surface area contributed by atoms with Crippen LogP contribution in [0.1, 0.15) is 53.9 Å². The van der Waals surface area contributed by atoms with Crippen LogP contribution in [0.4, 0.5) is 4.79 Å². The number of amides is 2. The van der Waals surface area contributed by atoms with Crippen molar-refractivity contribution in [1.82, 2.24) is 10.2 Å². The average Bonchev–Trinajstić information content (AvgIpc) is 3.09. The van der Waals surface area contributed by atoms with Crippen LogP contribution in [0.15, 0.2) is 0 Å². The molecule has 5 atom stereocenters. The van der Waals surface area contributed by atoms with Crippen molar-refractivity contribution in [2.75, 3.05) is 7.11 Å². The molecular formula is C17H32N2O4. The summed E-state index contributed by atoms with van der Waals surface area (Å²) in [7, 11) is 1.29. The Morgan fingerprint density at radius 2 is 1.91 bits per heavy atom. The molecule has 0 spiro atoms. The maximum Gasteiger partial charge on any atom is 0.407 e. The van der Waals surface area contributed by atoms with E-state index in [1.165, 1.54) is 7.11 Å². The predicted molar refractivity (Wildman–Crippen MR) is 89.0 cm³/mol. The van der Waals surface area contributed by atoms with Gasteiger partial charge in [-0.25, -0.2) is 4.79 Å². The monoisotopic (exact) mass is 328 g/mol. The van der Waals surface area contributed by atoms with Gasteiger partial charge in [0.05, 0.1) is 19.3 Å². The number of nitrogens with zero attached hydrogens (tertiary/aromatic N) is 1. The largest absolute Gasteiger partial charge is 0.453 e. The summed E-state index contributed by atoms with van der Waals surface area (Å²) in [5.74, 6) is 0.240. The second-order valence-electron chi connectivity index (χ2n) is 6.44. The zero-order chi connectivity index (χ0) is 17.7. The van der Waals surface area contributed by atoms with E-state index in [1.54, 1.807) is 0 Å². The first kappa shape index (κ1) is 19.7. The molecule has 2 amide bonds. The number of ether oxygens (including phenoxy) is 1. The Kier molecular flexibility index (Phi) is 7.32. The maximum atomic E-state index is 12.9. The summed E-state index contributed by atoms with van der Waals surface area (Å²) in [6, 6.07) is -0.544. The molecule has 6 heteroatoms. The number of carbonyl (C=O) groups is 2. The molecule has 0 aromatic heterocycles. The Bertz CT molecular complexity index is 411. The quantitative estimate of drug-likeness (QED) is 0.829. The third-order valence-electron chi connectivity index (χ3n) is 4.86. The second-order valence-corrected chi connectivity index (χ2v) is 6.44. The summed E-state index contributed by atoms with van der Waals surface area (Å²) >= 11 is 0. The molecule has 0 aromatic rings. The van der Waals surface area contributed by atoms with Crippen LogP contribution in [0.2, 0.25) is 0 Å². The van der Waals surface area contributed by atoms with Gasteiger partial charge < -0.3 is 20.1 Å². The summed E-state index contributed by atoms with van der Waals surface area (Å²) in [6.45, 7) is 9.85. The highest BCUT2D eigenvalue weighted by molar-refractivity contribution is 5.86. The highest BCUT2D eigenvalue weighted by atomic mass is 16.5. The van der Waals surface area contributed by atoms with E-state index in [0.717, 1.165) is 19.3 Å². The molecule has 1 heterocycles. The number of methoxy groups -OCH3 is 1. The first-order chi connectivity index (χ1) is 10.9. The van der Waals surface area contributed by atoms with E-state index in [2.05, 4.69) is 17.0 Å². The van der Waals surface area contributed by atoms with E-state index in [4.69, 9.17) is 0 Å². The Morgan fingerprint density at radius 3 is 2.39 bits per heavy atom. The Hall–Kier alpha value is -1.30.